The molecule has 0 radical (unpaired) electrons. The first kappa shape index (κ1) is 18.0. The van der Waals surface area contributed by atoms with E-state index >= 15 is 0 Å². The van der Waals surface area contributed by atoms with E-state index in [0.29, 0.717) is 6.42 Å². The number of rotatable bonds is 4. The molecule has 0 saturated carbocycles. The predicted octanol–water partition coefficient (Wildman–Crippen LogP) is 5.17. The number of piperidine rings is 1. The Morgan fingerprint density at radius 3 is 1.59 bits per heavy atom. The summed E-state index contributed by atoms with van der Waals surface area (Å²) in [5.74, 6) is 0. The predicted molar refractivity (Wildman–Crippen MR) is 110 cm³/mol. The lowest BCUT2D eigenvalue weighted by atomic mass is 9.75. The maximum absolute atomic E-state index is 11.7. The number of benzene rings is 3. The molecule has 1 N–H and O–H groups in total. The van der Waals surface area contributed by atoms with Gasteiger partial charge in [-0.3, -0.25) is 4.90 Å². The topological polar surface area (TPSA) is 23.5 Å². The van der Waals surface area contributed by atoms with Gasteiger partial charge in [-0.15, -0.1) is 0 Å². The first-order valence-corrected chi connectivity index (χ1v) is 9.73. The average molecular weight is 357 g/mol. The van der Waals surface area contributed by atoms with Gasteiger partial charge in [-0.05, 0) is 36.6 Å². The third kappa shape index (κ3) is 3.97. The number of aliphatic hydroxyl groups is 1. The van der Waals surface area contributed by atoms with E-state index < -0.39 is 5.60 Å². The molecule has 0 aliphatic carbocycles. The van der Waals surface area contributed by atoms with Gasteiger partial charge in [0.25, 0.3) is 0 Å². The second-order valence-electron chi connectivity index (χ2n) is 7.81. The van der Waals surface area contributed by atoms with Gasteiger partial charge in [-0.1, -0.05) is 91.0 Å². The maximum Gasteiger partial charge on any atom is 0.0724 e. The smallest absolute Gasteiger partial charge is 0.0724 e. The summed E-state index contributed by atoms with van der Waals surface area (Å²) in [6.45, 7) is 0. The van der Waals surface area contributed by atoms with E-state index in [1.807, 2.05) is 6.07 Å². The second-order valence-corrected chi connectivity index (χ2v) is 7.81. The summed E-state index contributed by atoms with van der Waals surface area (Å²) in [5.41, 5.74) is 3.01. The Bertz CT molecular complexity index is 798. The summed E-state index contributed by atoms with van der Waals surface area (Å²) in [4.78, 5) is 2.43. The molecule has 1 unspecified atom stereocenters. The molecular formula is C25H27NO. The van der Waals surface area contributed by atoms with Crippen LogP contribution in [-0.2, 0) is 6.42 Å². The van der Waals surface area contributed by atoms with Gasteiger partial charge in [0, 0.05) is 18.5 Å². The van der Waals surface area contributed by atoms with Crippen LogP contribution in [0.1, 0.15) is 41.6 Å². The third-order valence-electron chi connectivity index (χ3n) is 5.87. The van der Waals surface area contributed by atoms with Crippen molar-refractivity contribution in [3.63, 3.8) is 0 Å². The van der Waals surface area contributed by atoms with Gasteiger partial charge in [0.2, 0.25) is 0 Å². The highest BCUT2D eigenvalue weighted by Crippen LogP contribution is 2.46. The highest BCUT2D eigenvalue weighted by molar-refractivity contribution is 5.27. The molecule has 1 saturated heterocycles. The quantitative estimate of drug-likeness (QED) is 0.696. The van der Waals surface area contributed by atoms with Crippen molar-refractivity contribution in [3.8, 4) is 0 Å². The molecule has 0 amide bonds. The van der Waals surface area contributed by atoms with E-state index in [9.17, 15) is 5.11 Å². The van der Waals surface area contributed by atoms with Crippen molar-refractivity contribution in [1.29, 1.82) is 0 Å². The number of hydrogen-bond acceptors (Lipinski definition) is 2. The van der Waals surface area contributed by atoms with Crippen molar-refractivity contribution in [3.05, 3.63) is 108 Å². The highest BCUT2D eigenvalue weighted by Gasteiger charge is 2.43. The summed E-state index contributed by atoms with van der Waals surface area (Å²) >= 11 is 0. The van der Waals surface area contributed by atoms with E-state index in [0.717, 1.165) is 12.8 Å². The lowest BCUT2D eigenvalue weighted by Crippen LogP contribution is -2.47. The molecule has 1 aliphatic rings. The summed E-state index contributed by atoms with van der Waals surface area (Å²) in [6, 6.07) is 31.9. The van der Waals surface area contributed by atoms with Gasteiger partial charge >= 0.3 is 0 Å². The molecule has 1 aliphatic heterocycles. The van der Waals surface area contributed by atoms with E-state index in [-0.39, 0.29) is 12.1 Å². The minimum absolute atomic E-state index is 0.193. The maximum atomic E-state index is 11.7. The zero-order chi connectivity index (χ0) is 18.7. The Hall–Kier alpha value is -2.42. The van der Waals surface area contributed by atoms with Crippen molar-refractivity contribution in [2.24, 2.45) is 0 Å². The first-order chi connectivity index (χ1) is 13.1. The zero-order valence-corrected chi connectivity index (χ0v) is 15.8. The SMILES string of the molecule is CN1[C@@H](c2ccccc2)CC(O)(Cc2ccccc2)C[C@H]1c1ccccc1. The Morgan fingerprint density at radius 1 is 0.741 bits per heavy atom. The Balaban J connectivity index is 1.70. The molecule has 3 atom stereocenters. The van der Waals surface area contributed by atoms with Crippen LogP contribution in [0, 0.1) is 0 Å². The van der Waals surface area contributed by atoms with E-state index in [1.165, 1.54) is 16.7 Å². The monoisotopic (exact) mass is 357 g/mol. The van der Waals surface area contributed by atoms with E-state index in [2.05, 4.69) is 96.9 Å². The zero-order valence-electron chi connectivity index (χ0n) is 15.8. The Kier molecular flexibility index (Phi) is 5.11. The molecule has 0 bridgehead atoms. The van der Waals surface area contributed by atoms with Crippen LogP contribution < -0.4 is 0 Å². The fourth-order valence-electron chi connectivity index (χ4n) is 4.48. The molecule has 27 heavy (non-hydrogen) atoms. The molecular weight excluding hydrogens is 330 g/mol. The van der Waals surface area contributed by atoms with Crippen LogP contribution in [0.2, 0.25) is 0 Å². The van der Waals surface area contributed by atoms with Gasteiger partial charge < -0.3 is 5.11 Å². The van der Waals surface area contributed by atoms with Crippen LogP contribution in [0.15, 0.2) is 91.0 Å². The number of nitrogens with zero attached hydrogens (tertiary/aromatic N) is 1. The van der Waals surface area contributed by atoms with E-state index in [1.54, 1.807) is 0 Å². The molecule has 1 heterocycles. The Labute approximate surface area is 162 Å². The molecule has 2 heteroatoms. The van der Waals surface area contributed by atoms with Crippen LogP contribution in [-0.4, -0.2) is 22.7 Å². The second kappa shape index (κ2) is 7.67. The molecule has 3 aromatic rings. The lowest BCUT2D eigenvalue weighted by Gasteiger charge is -2.48. The number of hydrogen-bond donors (Lipinski definition) is 1. The molecule has 0 aromatic heterocycles. The van der Waals surface area contributed by atoms with Crippen LogP contribution in [0.4, 0.5) is 0 Å². The lowest BCUT2D eigenvalue weighted by molar-refractivity contribution is -0.0682. The van der Waals surface area contributed by atoms with Crippen molar-refractivity contribution < 1.29 is 5.11 Å². The average Bonchev–Trinajstić information content (AvgIpc) is 2.72. The van der Waals surface area contributed by atoms with Crippen LogP contribution in [0.5, 0.6) is 0 Å². The summed E-state index contributed by atoms with van der Waals surface area (Å²) in [5, 5.41) is 11.7. The number of likely N-dealkylation sites (tertiary alicyclic amines) is 1. The fourth-order valence-corrected chi connectivity index (χ4v) is 4.48. The van der Waals surface area contributed by atoms with Crippen LogP contribution >= 0.6 is 0 Å². The standard InChI is InChI=1S/C25H27NO/c1-26-23(21-13-7-3-8-14-21)18-25(27,17-20-11-5-2-6-12-20)19-24(26)22-15-9-4-10-16-22/h2-16,23-24,27H,17-19H2,1H3/t23-,24+,25?. The van der Waals surface area contributed by atoms with Crippen LogP contribution in [0.25, 0.3) is 0 Å². The van der Waals surface area contributed by atoms with Gasteiger partial charge in [-0.2, -0.15) is 0 Å². The summed E-state index contributed by atoms with van der Waals surface area (Å²) < 4.78 is 0. The minimum atomic E-state index is -0.727. The van der Waals surface area contributed by atoms with Crippen molar-refractivity contribution >= 4 is 0 Å². The van der Waals surface area contributed by atoms with E-state index in [4.69, 9.17) is 0 Å². The fraction of sp³-hybridized carbons (Fsp3) is 0.280. The largest absolute Gasteiger partial charge is 0.389 e. The minimum Gasteiger partial charge on any atom is -0.389 e. The van der Waals surface area contributed by atoms with Crippen molar-refractivity contribution in [1.82, 2.24) is 4.90 Å². The Morgan fingerprint density at radius 2 is 1.15 bits per heavy atom. The van der Waals surface area contributed by atoms with Gasteiger partial charge in [-0.25, -0.2) is 0 Å². The molecule has 0 spiro atoms. The normalized spacial score (nSPS) is 26.0. The first-order valence-electron chi connectivity index (χ1n) is 9.73. The van der Waals surface area contributed by atoms with Crippen molar-refractivity contribution in [2.75, 3.05) is 7.05 Å². The summed E-state index contributed by atoms with van der Waals surface area (Å²) in [6.07, 6.45) is 2.17. The molecule has 138 valence electrons. The highest BCUT2D eigenvalue weighted by atomic mass is 16.3. The van der Waals surface area contributed by atoms with Gasteiger partial charge in [0.15, 0.2) is 0 Å². The third-order valence-corrected chi connectivity index (χ3v) is 5.87. The van der Waals surface area contributed by atoms with Gasteiger partial charge in [0.1, 0.15) is 0 Å². The molecule has 2 nitrogen and oxygen atoms in total. The van der Waals surface area contributed by atoms with Crippen LogP contribution in [0.3, 0.4) is 0 Å². The molecule has 1 fully saturated rings. The summed E-state index contributed by atoms with van der Waals surface area (Å²) in [7, 11) is 2.19. The molecule has 4 rings (SSSR count). The van der Waals surface area contributed by atoms with Gasteiger partial charge in [0.05, 0.1) is 5.60 Å². The van der Waals surface area contributed by atoms with Crippen molar-refractivity contribution in [2.45, 2.75) is 36.9 Å². The molecule has 3 aromatic carbocycles.